The summed E-state index contributed by atoms with van der Waals surface area (Å²) in [4.78, 5) is 12.7. The lowest BCUT2D eigenvalue weighted by molar-refractivity contribution is 0.100. The minimum atomic E-state index is -0.306. The standard InChI is InChI=1S/C8H11NOS/c1-3-6-4-5(2)11-7(6)8(9)10/h4H,3H2,1-2H3,(H2,9,10). The Hall–Kier alpha value is -0.830. The second-order valence-electron chi connectivity index (χ2n) is 2.43. The Bertz CT molecular complexity index is 278. The first-order chi connectivity index (χ1) is 5.15. The van der Waals surface area contributed by atoms with E-state index in [1.54, 1.807) is 0 Å². The van der Waals surface area contributed by atoms with Crippen LogP contribution in [0.1, 0.15) is 27.0 Å². The fourth-order valence-corrected chi connectivity index (χ4v) is 2.00. The van der Waals surface area contributed by atoms with E-state index in [-0.39, 0.29) is 5.91 Å². The molecule has 0 atom stereocenters. The van der Waals surface area contributed by atoms with Gasteiger partial charge in [-0.2, -0.15) is 0 Å². The first-order valence-electron chi connectivity index (χ1n) is 3.54. The maximum absolute atomic E-state index is 10.8. The van der Waals surface area contributed by atoms with Gasteiger partial charge < -0.3 is 5.73 Å². The van der Waals surface area contributed by atoms with E-state index in [0.29, 0.717) is 4.88 Å². The molecule has 2 nitrogen and oxygen atoms in total. The highest BCUT2D eigenvalue weighted by Crippen LogP contribution is 2.21. The number of amides is 1. The van der Waals surface area contributed by atoms with E-state index in [1.807, 2.05) is 19.9 Å². The second kappa shape index (κ2) is 3.05. The van der Waals surface area contributed by atoms with E-state index < -0.39 is 0 Å². The van der Waals surface area contributed by atoms with Crippen LogP contribution in [0.4, 0.5) is 0 Å². The third-order valence-electron chi connectivity index (χ3n) is 1.54. The van der Waals surface area contributed by atoms with Crippen molar-refractivity contribution in [2.45, 2.75) is 20.3 Å². The maximum atomic E-state index is 10.8. The number of aryl methyl sites for hydroxylation is 2. The van der Waals surface area contributed by atoms with Crippen LogP contribution in [0.15, 0.2) is 6.07 Å². The van der Waals surface area contributed by atoms with E-state index in [4.69, 9.17) is 5.73 Å². The molecule has 1 rings (SSSR count). The average molecular weight is 169 g/mol. The summed E-state index contributed by atoms with van der Waals surface area (Å²) >= 11 is 1.47. The van der Waals surface area contributed by atoms with Crippen molar-refractivity contribution in [1.29, 1.82) is 0 Å². The molecule has 1 amide bonds. The van der Waals surface area contributed by atoms with E-state index in [0.717, 1.165) is 16.9 Å². The smallest absolute Gasteiger partial charge is 0.259 e. The molecule has 11 heavy (non-hydrogen) atoms. The minimum absolute atomic E-state index is 0.306. The molecule has 1 aromatic heterocycles. The molecule has 1 heterocycles. The molecule has 3 heteroatoms. The molecule has 0 aliphatic carbocycles. The first kappa shape index (κ1) is 8.27. The Kier molecular flexibility index (Phi) is 2.29. The molecule has 0 aliphatic rings. The summed E-state index contributed by atoms with van der Waals surface area (Å²) in [5.74, 6) is -0.306. The van der Waals surface area contributed by atoms with Gasteiger partial charge in [-0.25, -0.2) is 0 Å². The highest BCUT2D eigenvalue weighted by Gasteiger charge is 2.09. The highest BCUT2D eigenvalue weighted by molar-refractivity contribution is 7.14. The Morgan fingerprint density at radius 2 is 2.36 bits per heavy atom. The van der Waals surface area contributed by atoms with Gasteiger partial charge in [0.1, 0.15) is 0 Å². The van der Waals surface area contributed by atoms with Gasteiger partial charge in [0, 0.05) is 4.88 Å². The zero-order valence-electron chi connectivity index (χ0n) is 6.68. The maximum Gasteiger partial charge on any atom is 0.259 e. The Morgan fingerprint density at radius 1 is 1.73 bits per heavy atom. The minimum Gasteiger partial charge on any atom is -0.365 e. The fourth-order valence-electron chi connectivity index (χ4n) is 1.04. The number of hydrogen-bond donors (Lipinski definition) is 1. The molecule has 2 N–H and O–H groups in total. The van der Waals surface area contributed by atoms with Crippen LogP contribution in [0.25, 0.3) is 0 Å². The molecule has 0 spiro atoms. The lowest BCUT2D eigenvalue weighted by atomic mass is 10.2. The molecule has 60 valence electrons. The van der Waals surface area contributed by atoms with Gasteiger partial charge in [0.15, 0.2) is 0 Å². The van der Waals surface area contributed by atoms with Crippen LogP contribution in [0.2, 0.25) is 0 Å². The van der Waals surface area contributed by atoms with Crippen molar-refractivity contribution in [3.63, 3.8) is 0 Å². The molecule has 0 aliphatic heterocycles. The topological polar surface area (TPSA) is 43.1 Å². The van der Waals surface area contributed by atoms with Gasteiger partial charge in [-0.15, -0.1) is 11.3 Å². The number of nitrogens with two attached hydrogens (primary N) is 1. The number of primary amides is 1. The Labute approximate surface area is 70.0 Å². The molecule has 0 aromatic carbocycles. The zero-order chi connectivity index (χ0) is 8.43. The number of thiophene rings is 1. The van der Waals surface area contributed by atoms with Gasteiger partial charge in [0.2, 0.25) is 0 Å². The summed E-state index contributed by atoms with van der Waals surface area (Å²) in [6.45, 7) is 4.00. The largest absolute Gasteiger partial charge is 0.365 e. The molecule has 0 saturated heterocycles. The van der Waals surface area contributed by atoms with Gasteiger partial charge in [0.25, 0.3) is 5.91 Å². The molecule has 0 fully saturated rings. The van der Waals surface area contributed by atoms with Gasteiger partial charge in [-0.3, -0.25) is 4.79 Å². The summed E-state index contributed by atoms with van der Waals surface area (Å²) < 4.78 is 0. The van der Waals surface area contributed by atoms with Crippen molar-refractivity contribution in [2.24, 2.45) is 5.73 Å². The summed E-state index contributed by atoms with van der Waals surface area (Å²) in [7, 11) is 0. The van der Waals surface area contributed by atoms with Crippen molar-refractivity contribution in [1.82, 2.24) is 0 Å². The van der Waals surface area contributed by atoms with Crippen LogP contribution in [0, 0.1) is 6.92 Å². The molecule has 0 unspecified atom stereocenters. The number of hydrogen-bond acceptors (Lipinski definition) is 2. The monoisotopic (exact) mass is 169 g/mol. The molecule has 0 saturated carbocycles. The summed E-state index contributed by atoms with van der Waals surface area (Å²) in [5, 5.41) is 0. The highest BCUT2D eigenvalue weighted by atomic mass is 32.1. The zero-order valence-corrected chi connectivity index (χ0v) is 7.49. The van der Waals surface area contributed by atoms with Crippen molar-refractivity contribution < 1.29 is 4.79 Å². The molecular weight excluding hydrogens is 158 g/mol. The van der Waals surface area contributed by atoms with E-state index in [9.17, 15) is 4.79 Å². The van der Waals surface area contributed by atoms with Gasteiger partial charge in [-0.05, 0) is 25.0 Å². The predicted molar refractivity (Wildman–Crippen MR) is 47.0 cm³/mol. The quantitative estimate of drug-likeness (QED) is 0.719. The average Bonchev–Trinajstić information content (AvgIpc) is 2.30. The van der Waals surface area contributed by atoms with Crippen molar-refractivity contribution in [3.05, 3.63) is 21.4 Å². The normalized spacial score (nSPS) is 10.0. The third kappa shape index (κ3) is 1.60. The summed E-state index contributed by atoms with van der Waals surface area (Å²) in [6, 6.07) is 2.02. The summed E-state index contributed by atoms with van der Waals surface area (Å²) in [6.07, 6.45) is 0.878. The van der Waals surface area contributed by atoms with Crippen molar-refractivity contribution >= 4 is 17.2 Å². The van der Waals surface area contributed by atoms with Gasteiger partial charge in [0.05, 0.1) is 4.88 Å². The lowest BCUT2D eigenvalue weighted by Gasteiger charge is -1.92. The number of rotatable bonds is 2. The second-order valence-corrected chi connectivity index (χ2v) is 3.69. The number of carbonyl (C=O) groups is 1. The molecule has 1 aromatic rings. The summed E-state index contributed by atoms with van der Waals surface area (Å²) in [5.41, 5.74) is 6.24. The first-order valence-corrected chi connectivity index (χ1v) is 4.36. The Morgan fingerprint density at radius 3 is 2.73 bits per heavy atom. The van der Waals surface area contributed by atoms with Crippen LogP contribution in [-0.2, 0) is 6.42 Å². The molecular formula is C8H11NOS. The van der Waals surface area contributed by atoms with Crippen LogP contribution in [0.3, 0.4) is 0 Å². The van der Waals surface area contributed by atoms with Crippen LogP contribution < -0.4 is 5.73 Å². The van der Waals surface area contributed by atoms with E-state index in [2.05, 4.69) is 0 Å². The SMILES string of the molecule is CCc1cc(C)sc1C(N)=O. The Balaban J connectivity index is 3.12. The van der Waals surface area contributed by atoms with Crippen LogP contribution in [0.5, 0.6) is 0 Å². The van der Waals surface area contributed by atoms with Crippen molar-refractivity contribution in [2.75, 3.05) is 0 Å². The lowest BCUT2D eigenvalue weighted by Crippen LogP contribution is -2.10. The van der Waals surface area contributed by atoms with Crippen LogP contribution >= 0.6 is 11.3 Å². The van der Waals surface area contributed by atoms with E-state index >= 15 is 0 Å². The van der Waals surface area contributed by atoms with Gasteiger partial charge >= 0.3 is 0 Å². The fraction of sp³-hybridized carbons (Fsp3) is 0.375. The van der Waals surface area contributed by atoms with Gasteiger partial charge in [-0.1, -0.05) is 6.92 Å². The molecule has 0 bridgehead atoms. The number of carbonyl (C=O) groups excluding carboxylic acids is 1. The predicted octanol–water partition coefficient (Wildman–Crippen LogP) is 1.72. The van der Waals surface area contributed by atoms with Crippen LogP contribution in [-0.4, -0.2) is 5.91 Å². The van der Waals surface area contributed by atoms with Crippen molar-refractivity contribution in [3.8, 4) is 0 Å². The van der Waals surface area contributed by atoms with E-state index in [1.165, 1.54) is 11.3 Å². The molecule has 0 radical (unpaired) electrons. The third-order valence-corrected chi connectivity index (χ3v) is 2.64.